The van der Waals surface area contributed by atoms with Crippen LogP contribution in [0.1, 0.15) is 61.7 Å². The Morgan fingerprint density at radius 1 is 1.11 bits per heavy atom. The van der Waals surface area contributed by atoms with Crippen LogP contribution in [-0.2, 0) is 10.0 Å². The molecular formula is C21H30N2O4S. The molecule has 1 aromatic rings. The van der Waals surface area contributed by atoms with Crippen LogP contribution in [0.3, 0.4) is 0 Å². The topological polar surface area (TPSA) is 75.7 Å². The van der Waals surface area contributed by atoms with E-state index < -0.39 is 10.0 Å². The van der Waals surface area contributed by atoms with Crippen molar-refractivity contribution in [2.24, 2.45) is 11.8 Å². The first-order valence-electron chi connectivity index (χ1n) is 10.5. The maximum absolute atomic E-state index is 13.1. The van der Waals surface area contributed by atoms with Crippen LogP contribution in [0.25, 0.3) is 0 Å². The van der Waals surface area contributed by atoms with E-state index in [9.17, 15) is 13.2 Å². The van der Waals surface area contributed by atoms with Crippen molar-refractivity contribution >= 4 is 15.9 Å². The Morgan fingerprint density at radius 2 is 1.86 bits per heavy atom. The van der Waals surface area contributed by atoms with Crippen molar-refractivity contribution in [2.75, 3.05) is 20.2 Å². The Balaban J connectivity index is 1.57. The molecule has 1 heterocycles. The zero-order valence-corrected chi connectivity index (χ0v) is 17.3. The summed E-state index contributed by atoms with van der Waals surface area (Å²) in [5, 5.41) is 0. The molecule has 0 unspecified atom stereocenters. The Bertz CT molecular complexity index is 831. The van der Waals surface area contributed by atoms with Gasteiger partial charge in [-0.05, 0) is 62.1 Å². The lowest BCUT2D eigenvalue weighted by atomic mass is 9.96. The van der Waals surface area contributed by atoms with Crippen LogP contribution in [0, 0.1) is 11.8 Å². The molecule has 1 aliphatic heterocycles. The smallest absolute Gasteiger partial charge is 0.257 e. The highest BCUT2D eigenvalue weighted by atomic mass is 32.2. The van der Waals surface area contributed by atoms with E-state index in [1.165, 1.54) is 25.7 Å². The minimum Gasteiger partial charge on any atom is -0.496 e. The van der Waals surface area contributed by atoms with Crippen LogP contribution in [0.4, 0.5) is 0 Å². The van der Waals surface area contributed by atoms with Crippen molar-refractivity contribution in [1.29, 1.82) is 0 Å². The molecule has 4 rings (SSSR count). The lowest BCUT2D eigenvalue weighted by Gasteiger charge is -2.24. The summed E-state index contributed by atoms with van der Waals surface area (Å²) >= 11 is 0. The normalized spacial score (nSPS) is 27.6. The molecular weight excluding hydrogens is 376 g/mol. The number of carbonyl (C=O) groups excluding carboxylic acids is 1. The van der Waals surface area contributed by atoms with Gasteiger partial charge in [0.1, 0.15) is 5.75 Å². The van der Waals surface area contributed by atoms with Gasteiger partial charge in [0, 0.05) is 19.1 Å². The largest absolute Gasteiger partial charge is 0.496 e. The number of ether oxygens (including phenoxy) is 1. The molecule has 2 aliphatic carbocycles. The van der Waals surface area contributed by atoms with Crippen molar-refractivity contribution in [1.82, 2.24) is 9.62 Å². The van der Waals surface area contributed by atoms with Crippen LogP contribution in [-0.4, -0.2) is 45.5 Å². The fraction of sp³-hybridized carbons (Fsp3) is 0.667. The highest BCUT2D eigenvalue weighted by Gasteiger charge is 2.41. The molecule has 2 saturated carbocycles. The van der Waals surface area contributed by atoms with Crippen LogP contribution in [0.2, 0.25) is 0 Å². The SMILES string of the molecule is COc1ccc(S(=O)(=O)N[C@@H]2C[C@@H]3CC[C@@H]2C3)cc1C(=O)N1CCCCCC1. The molecule has 1 aromatic carbocycles. The molecule has 3 fully saturated rings. The minimum absolute atomic E-state index is 0.0237. The number of benzene rings is 1. The Kier molecular flexibility index (Phi) is 5.65. The van der Waals surface area contributed by atoms with Gasteiger partial charge in [0.2, 0.25) is 10.0 Å². The van der Waals surface area contributed by atoms with Crippen molar-refractivity contribution in [3.8, 4) is 5.75 Å². The molecule has 0 radical (unpaired) electrons. The molecule has 2 bridgehead atoms. The van der Waals surface area contributed by atoms with Crippen LogP contribution in [0.15, 0.2) is 23.1 Å². The third-order valence-electron chi connectivity index (χ3n) is 6.65. The predicted octanol–water partition coefficient (Wildman–Crippen LogP) is 3.18. The highest BCUT2D eigenvalue weighted by molar-refractivity contribution is 7.89. The van der Waals surface area contributed by atoms with Gasteiger partial charge in [0.25, 0.3) is 5.91 Å². The molecule has 28 heavy (non-hydrogen) atoms. The summed E-state index contributed by atoms with van der Waals surface area (Å²) in [5.74, 6) is 1.40. The number of methoxy groups -OCH3 is 1. The standard InChI is InChI=1S/C21H30N2O4S/c1-27-20-9-8-17(14-18(20)21(24)23-10-4-2-3-5-11-23)28(25,26)22-19-13-15-6-7-16(19)12-15/h8-9,14-16,19,22H,2-7,10-13H2,1H3/t15-,16-,19-/m1/s1. The number of likely N-dealkylation sites (tertiary alicyclic amines) is 1. The van der Waals surface area contributed by atoms with E-state index in [0.717, 1.165) is 44.9 Å². The first-order chi connectivity index (χ1) is 13.5. The molecule has 6 nitrogen and oxygen atoms in total. The van der Waals surface area contributed by atoms with Crippen molar-refractivity contribution in [2.45, 2.75) is 62.3 Å². The Morgan fingerprint density at radius 3 is 2.46 bits per heavy atom. The van der Waals surface area contributed by atoms with Gasteiger partial charge in [-0.25, -0.2) is 13.1 Å². The molecule has 1 saturated heterocycles. The number of fused-ring (bicyclic) bond motifs is 2. The number of sulfonamides is 1. The lowest BCUT2D eigenvalue weighted by molar-refractivity contribution is 0.0758. The number of nitrogens with zero attached hydrogens (tertiary/aromatic N) is 1. The maximum atomic E-state index is 13.1. The minimum atomic E-state index is -3.66. The molecule has 0 aromatic heterocycles. The number of hydrogen-bond donors (Lipinski definition) is 1. The van der Waals surface area contributed by atoms with E-state index in [4.69, 9.17) is 4.74 Å². The number of nitrogens with one attached hydrogen (secondary N) is 1. The van der Waals surface area contributed by atoms with E-state index in [1.807, 2.05) is 4.90 Å². The third kappa shape index (κ3) is 3.92. The molecule has 3 aliphatic rings. The van der Waals surface area contributed by atoms with Crippen molar-refractivity contribution in [3.05, 3.63) is 23.8 Å². The van der Waals surface area contributed by atoms with E-state index >= 15 is 0 Å². The van der Waals surface area contributed by atoms with Gasteiger partial charge in [-0.2, -0.15) is 0 Å². The van der Waals surface area contributed by atoms with E-state index in [-0.39, 0.29) is 16.8 Å². The summed E-state index contributed by atoms with van der Waals surface area (Å²) in [6, 6.07) is 4.64. The summed E-state index contributed by atoms with van der Waals surface area (Å²) in [6.45, 7) is 1.42. The van der Waals surface area contributed by atoms with E-state index in [2.05, 4.69) is 4.72 Å². The first kappa shape index (κ1) is 19.7. The summed E-state index contributed by atoms with van der Waals surface area (Å²) < 4.78 is 34.3. The average molecular weight is 407 g/mol. The molecule has 7 heteroatoms. The van der Waals surface area contributed by atoms with Gasteiger partial charge in [0.05, 0.1) is 17.6 Å². The second-order valence-electron chi connectivity index (χ2n) is 8.47. The monoisotopic (exact) mass is 406 g/mol. The molecule has 3 atom stereocenters. The van der Waals surface area contributed by atoms with Crippen molar-refractivity contribution < 1.29 is 17.9 Å². The molecule has 154 valence electrons. The Hall–Kier alpha value is -1.60. The van der Waals surface area contributed by atoms with E-state index in [1.54, 1.807) is 6.07 Å². The van der Waals surface area contributed by atoms with Crippen LogP contribution < -0.4 is 9.46 Å². The van der Waals surface area contributed by atoms with E-state index in [0.29, 0.717) is 36.2 Å². The van der Waals surface area contributed by atoms with Gasteiger partial charge in [-0.1, -0.05) is 19.3 Å². The third-order valence-corrected chi connectivity index (χ3v) is 8.14. The summed E-state index contributed by atoms with van der Waals surface area (Å²) in [6.07, 6.45) is 8.62. The molecule has 1 amide bonds. The molecule has 1 N–H and O–H groups in total. The predicted molar refractivity (Wildman–Crippen MR) is 107 cm³/mol. The quantitative estimate of drug-likeness (QED) is 0.815. The lowest BCUT2D eigenvalue weighted by Crippen LogP contribution is -2.38. The zero-order valence-electron chi connectivity index (χ0n) is 16.5. The highest BCUT2D eigenvalue weighted by Crippen LogP contribution is 2.44. The second-order valence-corrected chi connectivity index (χ2v) is 10.2. The maximum Gasteiger partial charge on any atom is 0.257 e. The second kappa shape index (κ2) is 8.03. The number of rotatable bonds is 5. The van der Waals surface area contributed by atoms with Gasteiger partial charge < -0.3 is 9.64 Å². The van der Waals surface area contributed by atoms with Gasteiger partial charge >= 0.3 is 0 Å². The van der Waals surface area contributed by atoms with Crippen LogP contribution >= 0.6 is 0 Å². The number of carbonyl (C=O) groups is 1. The fourth-order valence-electron chi connectivity index (χ4n) is 5.12. The first-order valence-corrected chi connectivity index (χ1v) is 12.0. The fourth-order valence-corrected chi connectivity index (χ4v) is 6.47. The summed E-state index contributed by atoms with van der Waals surface area (Å²) in [4.78, 5) is 15.1. The van der Waals surface area contributed by atoms with Crippen molar-refractivity contribution in [3.63, 3.8) is 0 Å². The van der Waals surface area contributed by atoms with Crippen LogP contribution in [0.5, 0.6) is 5.75 Å². The zero-order chi connectivity index (χ0) is 19.7. The van der Waals surface area contributed by atoms with Gasteiger partial charge in [-0.3, -0.25) is 4.79 Å². The Labute approximate surface area is 167 Å². The van der Waals surface area contributed by atoms with Gasteiger partial charge in [-0.15, -0.1) is 0 Å². The summed E-state index contributed by atoms with van der Waals surface area (Å²) in [5.41, 5.74) is 0.334. The average Bonchev–Trinajstić information content (AvgIpc) is 3.19. The summed E-state index contributed by atoms with van der Waals surface area (Å²) in [7, 11) is -2.15. The van der Waals surface area contributed by atoms with Gasteiger partial charge in [0.15, 0.2) is 0 Å². The number of amides is 1. The molecule has 0 spiro atoms. The number of hydrogen-bond acceptors (Lipinski definition) is 4.